The van der Waals surface area contributed by atoms with Crippen LogP contribution in [0.15, 0.2) is 71.8 Å². The van der Waals surface area contributed by atoms with Gasteiger partial charge in [0.05, 0.1) is 5.52 Å². The van der Waals surface area contributed by atoms with Crippen LogP contribution in [0.1, 0.15) is 12.0 Å². The lowest BCUT2D eigenvalue weighted by Crippen LogP contribution is -2.25. The highest BCUT2D eigenvalue weighted by Crippen LogP contribution is 2.17. The van der Waals surface area contributed by atoms with Crippen molar-refractivity contribution in [2.24, 2.45) is 0 Å². The van der Waals surface area contributed by atoms with Gasteiger partial charge in [0.25, 0.3) is 0 Å². The summed E-state index contributed by atoms with van der Waals surface area (Å²) in [4.78, 5) is 27.8. The molecule has 0 bridgehead atoms. The number of benzene rings is 1. The number of amides is 1. The molecule has 1 aromatic carbocycles. The van der Waals surface area contributed by atoms with Gasteiger partial charge in [-0.15, -0.1) is 0 Å². The minimum atomic E-state index is -0.152. The van der Waals surface area contributed by atoms with Crippen molar-refractivity contribution >= 4 is 22.9 Å². The number of aromatic nitrogens is 2. The fraction of sp³-hybridized carbons (Fsp3) is 0.150. The van der Waals surface area contributed by atoms with Gasteiger partial charge in [0.1, 0.15) is 0 Å². The molecule has 0 aliphatic rings. The van der Waals surface area contributed by atoms with Crippen LogP contribution in [0.3, 0.4) is 0 Å². The van der Waals surface area contributed by atoms with Crippen LogP contribution in [0.2, 0.25) is 0 Å². The van der Waals surface area contributed by atoms with Gasteiger partial charge >= 0.3 is 0 Å². The minimum Gasteiger partial charge on any atom is -0.352 e. The lowest BCUT2D eigenvalue weighted by Gasteiger charge is -2.05. The summed E-state index contributed by atoms with van der Waals surface area (Å²) in [5.41, 5.74) is 1.83. The molecule has 0 fully saturated rings. The third kappa shape index (κ3) is 4.41. The molecule has 0 atom stereocenters. The Hall–Kier alpha value is -3.21. The Kier molecular flexibility index (Phi) is 5.36. The lowest BCUT2D eigenvalue weighted by atomic mass is 10.1. The highest BCUT2D eigenvalue weighted by Gasteiger charge is 2.00. The fourth-order valence-electron chi connectivity index (χ4n) is 2.59. The second-order valence-corrected chi connectivity index (χ2v) is 5.63. The zero-order valence-electron chi connectivity index (χ0n) is 13.8. The van der Waals surface area contributed by atoms with Gasteiger partial charge in [-0.2, -0.15) is 0 Å². The van der Waals surface area contributed by atoms with Crippen LogP contribution < -0.4 is 10.9 Å². The maximum atomic E-state index is 11.9. The lowest BCUT2D eigenvalue weighted by molar-refractivity contribution is -0.116. The van der Waals surface area contributed by atoms with Gasteiger partial charge in [-0.25, -0.2) is 0 Å². The quantitative estimate of drug-likeness (QED) is 0.557. The Morgan fingerprint density at radius 3 is 2.84 bits per heavy atom. The molecule has 0 saturated heterocycles. The highest BCUT2D eigenvalue weighted by atomic mass is 16.1. The number of carbonyl (C=O) groups excluding carboxylic acids is 1. The second-order valence-electron chi connectivity index (χ2n) is 5.63. The number of aryl methyl sites for hydroxylation is 1. The van der Waals surface area contributed by atoms with Gasteiger partial charge in [0.15, 0.2) is 0 Å². The molecule has 126 valence electrons. The topological polar surface area (TPSA) is 64.0 Å². The molecule has 0 unspecified atom stereocenters. The number of para-hydroxylation sites is 1. The number of nitrogens with one attached hydrogen (secondary N) is 1. The van der Waals surface area contributed by atoms with Crippen LogP contribution in [-0.2, 0) is 11.3 Å². The SMILES string of the molecule is O=C(/C=C/c1ccnc2ccccc12)NCCCn1ccccc1=O. The van der Waals surface area contributed by atoms with Crippen molar-refractivity contribution in [2.75, 3.05) is 6.54 Å². The van der Waals surface area contributed by atoms with Crippen LogP contribution in [0.4, 0.5) is 0 Å². The highest BCUT2D eigenvalue weighted by molar-refractivity contribution is 5.95. The summed E-state index contributed by atoms with van der Waals surface area (Å²) >= 11 is 0. The second kappa shape index (κ2) is 8.06. The van der Waals surface area contributed by atoms with Crippen LogP contribution in [0.25, 0.3) is 17.0 Å². The van der Waals surface area contributed by atoms with E-state index in [2.05, 4.69) is 10.3 Å². The first-order chi connectivity index (χ1) is 12.2. The third-order valence-electron chi connectivity index (χ3n) is 3.87. The number of hydrogen-bond acceptors (Lipinski definition) is 3. The minimum absolute atomic E-state index is 0.0294. The number of rotatable bonds is 6. The molecule has 0 spiro atoms. The Balaban J connectivity index is 1.53. The molecule has 0 aliphatic heterocycles. The molecule has 0 aliphatic carbocycles. The van der Waals surface area contributed by atoms with Crippen molar-refractivity contribution in [3.63, 3.8) is 0 Å². The molecular weight excluding hydrogens is 314 g/mol. The summed E-state index contributed by atoms with van der Waals surface area (Å²) in [6.07, 6.45) is 7.50. The standard InChI is InChI=1S/C20H19N3O2/c24-19(22-12-5-15-23-14-4-3-8-20(23)25)10-9-16-11-13-21-18-7-2-1-6-17(16)18/h1-4,6-11,13-14H,5,12,15H2,(H,22,24)/b10-9+. The Labute approximate surface area is 145 Å². The van der Waals surface area contributed by atoms with Crippen LogP contribution in [-0.4, -0.2) is 22.0 Å². The molecule has 3 aromatic rings. The number of hydrogen-bond donors (Lipinski definition) is 1. The first kappa shape index (κ1) is 16.6. The maximum absolute atomic E-state index is 11.9. The third-order valence-corrected chi connectivity index (χ3v) is 3.87. The van der Waals surface area contributed by atoms with Gasteiger partial charge < -0.3 is 9.88 Å². The van der Waals surface area contributed by atoms with Crippen LogP contribution in [0.5, 0.6) is 0 Å². The predicted octanol–water partition coefficient (Wildman–Crippen LogP) is 2.62. The van der Waals surface area contributed by atoms with Crippen molar-refractivity contribution in [3.05, 3.63) is 82.9 Å². The van der Waals surface area contributed by atoms with Crippen molar-refractivity contribution in [2.45, 2.75) is 13.0 Å². The van der Waals surface area contributed by atoms with E-state index in [1.54, 1.807) is 29.1 Å². The first-order valence-electron chi connectivity index (χ1n) is 8.19. The Morgan fingerprint density at radius 1 is 1.12 bits per heavy atom. The van der Waals surface area contributed by atoms with E-state index < -0.39 is 0 Å². The zero-order chi connectivity index (χ0) is 17.5. The Bertz CT molecular complexity index is 955. The molecule has 2 heterocycles. The summed E-state index contributed by atoms with van der Waals surface area (Å²) in [5, 5.41) is 3.85. The summed E-state index contributed by atoms with van der Waals surface area (Å²) < 4.78 is 1.63. The summed E-state index contributed by atoms with van der Waals surface area (Å²) in [7, 11) is 0. The normalized spacial score (nSPS) is 11.0. The number of carbonyl (C=O) groups is 1. The maximum Gasteiger partial charge on any atom is 0.250 e. The monoisotopic (exact) mass is 333 g/mol. The average molecular weight is 333 g/mol. The van der Waals surface area contributed by atoms with Crippen molar-refractivity contribution in [3.8, 4) is 0 Å². The van der Waals surface area contributed by atoms with Gasteiger partial charge in [-0.1, -0.05) is 24.3 Å². The molecule has 0 saturated carbocycles. The van der Waals surface area contributed by atoms with E-state index in [4.69, 9.17) is 0 Å². The summed E-state index contributed by atoms with van der Waals surface area (Å²) in [6, 6.07) is 14.8. The van der Waals surface area contributed by atoms with Gasteiger partial charge in [0, 0.05) is 43.0 Å². The predicted molar refractivity (Wildman–Crippen MR) is 99.1 cm³/mol. The molecule has 2 aromatic heterocycles. The van der Waals surface area contributed by atoms with Crippen LogP contribution >= 0.6 is 0 Å². The van der Waals surface area contributed by atoms with E-state index in [1.807, 2.05) is 36.4 Å². The van der Waals surface area contributed by atoms with Crippen molar-refractivity contribution in [1.29, 1.82) is 0 Å². The molecule has 5 nitrogen and oxygen atoms in total. The largest absolute Gasteiger partial charge is 0.352 e. The molecule has 1 N–H and O–H groups in total. The summed E-state index contributed by atoms with van der Waals surface area (Å²) in [6.45, 7) is 1.10. The van der Waals surface area contributed by atoms with Crippen molar-refractivity contribution in [1.82, 2.24) is 14.9 Å². The fourth-order valence-corrected chi connectivity index (χ4v) is 2.59. The van der Waals surface area contributed by atoms with E-state index >= 15 is 0 Å². The molecular formula is C20H19N3O2. The smallest absolute Gasteiger partial charge is 0.250 e. The average Bonchev–Trinajstić information content (AvgIpc) is 2.65. The number of pyridine rings is 2. The van der Waals surface area contributed by atoms with Gasteiger partial charge in [0.2, 0.25) is 11.5 Å². The van der Waals surface area contributed by atoms with E-state index in [1.165, 1.54) is 12.1 Å². The van der Waals surface area contributed by atoms with Gasteiger partial charge in [-0.3, -0.25) is 14.6 Å². The number of fused-ring (bicyclic) bond motifs is 1. The van der Waals surface area contributed by atoms with E-state index in [0.717, 1.165) is 16.5 Å². The van der Waals surface area contributed by atoms with E-state index in [9.17, 15) is 9.59 Å². The summed E-state index contributed by atoms with van der Waals surface area (Å²) in [5.74, 6) is -0.152. The first-order valence-corrected chi connectivity index (χ1v) is 8.19. The molecule has 3 rings (SSSR count). The molecule has 0 radical (unpaired) electrons. The molecule has 1 amide bonds. The van der Waals surface area contributed by atoms with Crippen LogP contribution in [0, 0.1) is 0 Å². The molecule has 25 heavy (non-hydrogen) atoms. The van der Waals surface area contributed by atoms with E-state index in [-0.39, 0.29) is 11.5 Å². The molecule has 5 heteroatoms. The van der Waals surface area contributed by atoms with Gasteiger partial charge in [-0.05, 0) is 36.3 Å². The Morgan fingerprint density at radius 2 is 1.96 bits per heavy atom. The van der Waals surface area contributed by atoms with Crippen molar-refractivity contribution < 1.29 is 4.79 Å². The van der Waals surface area contributed by atoms with E-state index in [0.29, 0.717) is 19.5 Å². The number of nitrogens with zero attached hydrogens (tertiary/aromatic N) is 2. The zero-order valence-corrected chi connectivity index (χ0v) is 13.8.